The molecule has 1 unspecified atom stereocenters. The van der Waals surface area contributed by atoms with Crippen molar-refractivity contribution in [2.24, 2.45) is 5.92 Å². The SMILES string of the molecule is CCOc1nccc(CC(C)C(=O)O)n1. The third-order valence-electron chi connectivity index (χ3n) is 1.90. The van der Waals surface area contributed by atoms with E-state index in [2.05, 4.69) is 9.97 Å². The van der Waals surface area contributed by atoms with Crippen molar-refractivity contribution in [3.05, 3.63) is 18.0 Å². The number of hydrogen-bond acceptors (Lipinski definition) is 4. The van der Waals surface area contributed by atoms with Gasteiger partial charge in [-0.05, 0) is 13.0 Å². The molecule has 15 heavy (non-hydrogen) atoms. The van der Waals surface area contributed by atoms with Crippen LogP contribution in [-0.2, 0) is 11.2 Å². The predicted molar refractivity (Wildman–Crippen MR) is 53.7 cm³/mol. The molecule has 5 heteroatoms. The zero-order valence-corrected chi connectivity index (χ0v) is 8.80. The van der Waals surface area contributed by atoms with Crippen LogP contribution in [0.15, 0.2) is 12.3 Å². The smallest absolute Gasteiger partial charge is 0.316 e. The van der Waals surface area contributed by atoms with Gasteiger partial charge in [-0.15, -0.1) is 0 Å². The molecule has 1 atom stereocenters. The van der Waals surface area contributed by atoms with Crippen molar-refractivity contribution in [3.63, 3.8) is 0 Å². The van der Waals surface area contributed by atoms with Crippen molar-refractivity contribution in [2.75, 3.05) is 6.61 Å². The number of carboxylic acids is 1. The van der Waals surface area contributed by atoms with Gasteiger partial charge >= 0.3 is 12.0 Å². The van der Waals surface area contributed by atoms with E-state index >= 15 is 0 Å². The summed E-state index contributed by atoms with van der Waals surface area (Å²) in [5.74, 6) is -1.28. The lowest BCUT2D eigenvalue weighted by molar-refractivity contribution is -0.141. The van der Waals surface area contributed by atoms with Crippen LogP contribution in [0.25, 0.3) is 0 Å². The lowest BCUT2D eigenvalue weighted by Crippen LogP contribution is -2.13. The minimum atomic E-state index is -0.827. The summed E-state index contributed by atoms with van der Waals surface area (Å²) in [6.07, 6.45) is 1.96. The molecular weight excluding hydrogens is 196 g/mol. The first-order valence-electron chi connectivity index (χ1n) is 4.81. The minimum absolute atomic E-state index is 0.299. The highest BCUT2D eigenvalue weighted by Gasteiger charge is 2.12. The zero-order valence-electron chi connectivity index (χ0n) is 8.80. The van der Waals surface area contributed by atoms with Crippen molar-refractivity contribution >= 4 is 5.97 Å². The summed E-state index contributed by atoms with van der Waals surface area (Å²) >= 11 is 0. The number of carboxylic acid groups (broad SMARTS) is 1. The second-order valence-electron chi connectivity index (χ2n) is 3.21. The van der Waals surface area contributed by atoms with Gasteiger partial charge in [0.15, 0.2) is 0 Å². The van der Waals surface area contributed by atoms with E-state index in [-0.39, 0.29) is 0 Å². The van der Waals surface area contributed by atoms with Crippen LogP contribution in [0.1, 0.15) is 19.5 Å². The molecule has 0 aliphatic rings. The van der Waals surface area contributed by atoms with Crippen molar-refractivity contribution in [2.45, 2.75) is 20.3 Å². The predicted octanol–water partition coefficient (Wildman–Crippen LogP) is 1.14. The average molecular weight is 210 g/mol. The van der Waals surface area contributed by atoms with E-state index in [0.29, 0.717) is 24.7 Å². The van der Waals surface area contributed by atoms with Crippen LogP contribution in [0.2, 0.25) is 0 Å². The second-order valence-corrected chi connectivity index (χ2v) is 3.21. The van der Waals surface area contributed by atoms with Crippen LogP contribution < -0.4 is 4.74 Å². The largest absolute Gasteiger partial charge is 0.481 e. The Morgan fingerprint density at radius 1 is 1.67 bits per heavy atom. The van der Waals surface area contributed by atoms with Gasteiger partial charge in [0.05, 0.1) is 12.5 Å². The molecule has 82 valence electrons. The number of aromatic nitrogens is 2. The van der Waals surface area contributed by atoms with E-state index in [0.717, 1.165) is 0 Å². The Morgan fingerprint density at radius 3 is 3.00 bits per heavy atom. The number of ether oxygens (including phenoxy) is 1. The van der Waals surface area contributed by atoms with Crippen molar-refractivity contribution in [1.29, 1.82) is 0 Å². The lowest BCUT2D eigenvalue weighted by atomic mass is 10.1. The van der Waals surface area contributed by atoms with E-state index in [4.69, 9.17) is 9.84 Å². The van der Waals surface area contributed by atoms with Crippen molar-refractivity contribution < 1.29 is 14.6 Å². The van der Waals surface area contributed by atoms with E-state index in [9.17, 15) is 4.79 Å². The van der Waals surface area contributed by atoms with Gasteiger partial charge in [0, 0.05) is 18.3 Å². The first-order valence-corrected chi connectivity index (χ1v) is 4.81. The molecule has 0 saturated carbocycles. The second kappa shape index (κ2) is 5.29. The molecule has 5 nitrogen and oxygen atoms in total. The van der Waals surface area contributed by atoms with E-state index in [1.54, 1.807) is 19.2 Å². The van der Waals surface area contributed by atoms with E-state index < -0.39 is 11.9 Å². The molecule has 0 spiro atoms. The minimum Gasteiger partial charge on any atom is -0.481 e. The van der Waals surface area contributed by atoms with Crippen molar-refractivity contribution in [1.82, 2.24) is 9.97 Å². The van der Waals surface area contributed by atoms with E-state index in [1.165, 1.54) is 0 Å². The summed E-state index contributed by atoms with van der Waals surface area (Å²) in [7, 11) is 0. The molecular formula is C10H14N2O3. The van der Waals surface area contributed by atoms with Gasteiger partial charge in [0.2, 0.25) is 0 Å². The van der Waals surface area contributed by atoms with Gasteiger partial charge < -0.3 is 9.84 Å². The van der Waals surface area contributed by atoms with Gasteiger partial charge in [0.25, 0.3) is 0 Å². The molecule has 0 amide bonds. The summed E-state index contributed by atoms with van der Waals surface area (Å²) in [6, 6.07) is 2.00. The van der Waals surface area contributed by atoms with Gasteiger partial charge in [-0.3, -0.25) is 4.79 Å². The molecule has 1 aromatic heterocycles. The van der Waals surface area contributed by atoms with Crippen LogP contribution in [0.4, 0.5) is 0 Å². The summed E-state index contributed by atoms with van der Waals surface area (Å²) < 4.78 is 5.12. The van der Waals surface area contributed by atoms with Crippen molar-refractivity contribution in [3.8, 4) is 6.01 Å². The third-order valence-corrected chi connectivity index (χ3v) is 1.90. The van der Waals surface area contributed by atoms with Crippen LogP contribution in [0.3, 0.4) is 0 Å². The summed E-state index contributed by atoms with van der Waals surface area (Å²) in [6.45, 7) is 3.98. The first kappa shape index (κ1) is 11.4. The Morgan fingerprint density at radius 2 is 2.40 bits per heavy atom. The Balaban J connectivity index is 2.68. The van der Waals surface area contributed by atoms with Gasteiger partial charge in [0.1, 0.15) is 0 Å². The zero-order chi connectivity index (χ0) is 11.3. The summed E-state index contributed by atoms with van der Waals surface area (Å²) in [5, 5.41) is 8.74. The topological polar surface area (TPSA) is 72.3 Å². The normalized spacial score (nSPS) is 12.1. The Kier molecular flexibility index (Phi) is 4.03. The molecule has 0 radical (unpaired) electrons. The first-order chi connectivity index (χ1) is 7.13. The quantitative estimate of drug-likeness (QED) is 0.788. The molecule has 0 aliphatic carbocycles. The summed E-state index contributed by atoms with van der Waals surface area (Å²) in [4.78, 5) is 18.6. The average Bonchev–Trinajstić information content (AvgIpc) is 2.18. The fourth-order valence-electron chi connectivity index (χ4n) is 1.09. The molecule has 1 N–H and O–H groups in total. The Hall–Kier alpha value is -1.65. The Bertz CT molecular complexity index is 341. The molecule has 0 bridgehead atoms. The number of aliphatic carboxylic acids is 1. The lowest BCUT2D eigenvalue weighted by Gasteiger charge is -2.06. The monoisotopic (exact) mass is 210 g/mol. The molecule has 1 heterocycles. The maximum absolute atomic E-state index is 10.6. The molecule has 0 fully saturated rings. The van der Waals surface area contributed by atoms with Crippen LogP contribution in [-0.4, -0.2) is 27.7 Å². The standard InChI is InChI=1S/C10H14N2O3/c1-3-15-10-11-5-4-8(12-10)6-7(2)9(13)14/h4-5,7H,3,6H2,1-2H3,(H,13,14). The maximum atomic E-state index is 10.6. The highest BCUT2D eigenvalue weighted by molar-refractivity contribution is 5.69. The summed E-state index contributed by atoms with van der Waals surface area (Å²) in [5.41, 5.74) is 0.684. The number of rotatable bonds is 5. The maximum Gasteiger partial charge on any atom is 0.316 e. The molecule has 0 aromatic carbocycles. The van der Waals surface area contributed by atoms with Gasteiger partial charge in [-0.2, -0.15) is 0 Å². The van der Waals surface area contributed by atoms with E-state index in [1.807, 2.05) is 6.92 Å². The molecule has 1 rings (SSSR count). The van der Waals surface area contributed by atoms with Gasteiger partial charge in [-0.25, -0.2) is 9.97 Å². The highest BCUT2D eigenvalue weighted by Crippen LogP contribution is 2.08. The third kappa shape index (κ3) is 3.53. The highest BCUT2D eigenvalue weighted by atomic mass is 16.5. The molecule has 0 saturated heterocycles. The number of carbonyl (C=O) groups is 1. The number of nitrogens with zero attached hydrogens (tertiary/aromatic N) is 2. The fraction of sp³-hybridized carbons (Fsp3) is 0.500. The fourth-order valence-corrected chi connectivity index (χ4v) is 1.09. The Labute approximate surface area is 88.1 Å². The van der Waals surface area contributed by atoms with Crippen LogP contribution >= 0.6 is 0 Å². The molecule has 1 aromatic rings. The van der Waals surface area contributed by atoms with Crippen LogP contribution in [0, 0.1) is 5.92 Å². The van der Waals surface area contributed by atoms with Crippen LogP contribution in [0.5, 0.6) is 6.01 Å². The molecule has 0 aliphatic heterocycles. The number of hydrogen-bond donors (Lipinski definition) is 1. The van der Waals surface area contributed by atoms with Gasteiger partial charge in [-0.1, -0.05) is 6.92 Å².